The van der Waals surface area contributed by atoms with Crippen molar-refractivity contribution in [1.82, 2.24) is 15.1 Å². The van der Waals surface area contributed by atoms with Gasteiger partial charge < -0.3 is 9.32 Å². The molecule has 1 saturated heterocycles. The minimum absolute atomic E-state index is 0.0579. The Balaban J connectivity index is 1.99. The molecule has 1 aliphatic rings. The van der Waals surface area contributed by atoms with Gasteiger partial charge in [0.1, 0.15) is 0 Å². The van der Waals surface area contributed by atoms with E-state index in [1.165, 1.54) is 11.8 Å². The Morgan fingerprint density at radius 1 is 1.48 bits per heavy atom. The standard InChI is InChI=1S/C13H21N3O4S3/c1-4-16(10-5-6-23(18,19)8-10)12(17)9(2)22-13-15-14-11(20-13)7-21-3/h9-10H,4-8H2,1-3H3. The van der Waals surface area contributed by atoms with Gasteiger partial charge in [-0.05, 0) is 26.5 Å². The second-order valence-electron chi connectivity index (χ2n) is 5.34. The van der Waals surface area contributed by atoms with E-state index in [0.29, 0.717) is 29.8 Å². The van der Waals surface area contributed by atoms with E-state index in [4.69, 9.17) is 4.42 Å². The highest BCUT2D eigenvalue weighted by atomic mass is 32.2. The van der Waals surface area contributed by atoms with E-state index >= 15 is 0 Å². The summed E-state index contributed by atoms with van der Waals surface area (Å²) in [7, 11) is -3.02. The molecule has 1 aromatic heterocycles. The second kappa shape index (κ2) is 7.89. The van der Waals surface area contributed by atoms with Gasteiger partial charge in [-0.3, -0.25) is 4.79 Å². The van der Waals surface area contributed by atoms with Crippen molar-refractivity contribution in [3.8, 4) is 0 Å². The molecule has 0 saturated carbocycles. The molecule has 0 radical (unpaired) electrons. The first kappa shape index (κ1) is 18.6. The number of sulfone groups is 1. The number of aromatic nitrogens is 2. The van der Waals surface area contributed by atoms with Crippen molar-refractivity contribution in [2.45, 2.75) is 42.5 Å². The Labute approximate surface area is 144 Å². The lowest BCUT2D eigenvalue weighted by atomic mass is 10.2. The molecular formula is C13H21N3O4S3. The largest absolute Gasteiger partial charge is 0.415 e. The highest BCUT2D eigenvalue weighted by molar-refractivity contribution is 8.00. The molecule has 2 rings (SSSR count). The van der Waals surface area contributed by atoms with E-state index < -0.39 is 15.1 Å². The summed E-state index contributed by atoms with van der Waals surface area (Å²) >= 11 is 2.79. The summed E-state index contributed by atoms with van der Waals surface area (Å²) in [5.74, 6) is 1.29. The van der Waals surface area contributed by atoms with Crippen molar-refractivity contribution in [3.05, 3.63) is 5.89 Å². The summed E-state index contributed by atoms with van der Waals surface area (Å²) in [6, 6.07) is -0.227. The predicted molar refractivity (Wildman–Crippen MR) is 91.3 cm³/mol. The maximum atomic E-state index is 12.6. The van der Waals surface area contributed by atoms with Crippen molar-refractivity contribution < 1.29 is 17.6 Å². The van der Waals surface area contributed by atoms with E-state index in [-0.39, 0.29) is 23.5 Å². The van der Waals surface area contributed by atoms with Crippen LogP contribution in [0, 0.1) is 0 Å². The van der Waals surface area contributed by atoms with Crippen LogP contribution in [0.3, 0.4) is 0 Å². The zero-order chi connectivity index (χ0) is 17.0. The van der Waals surface area contributed by atoms with Crippen LogP contribution in [-0.4, -0.2) is 65.0 Å². The van der Waals surface area contributed by atoms with Crippen LogP contribution in [0.5, 0.6) is 0 Å². The molecule has 23 heavy (non-hydrogen) atoms. The zero-order valence-corrected chi connectivity index (χ0v) is 15.8. The molecule has 130 valence electrons. The fourth-order valence-corrected chi connectivity index (χ4v) is 5.38. The highest BCUT2D eigenvalue weighted by Crippen LogP contribution is 2.26. The van der Waals surface area contributed by atoms with Gasteiger partial charge in [0.05, 0.1) is 22.5 Å². The van der Waals surface area contributed by atoms with E-state index in [9.17, 15) is 13.2 Å². The zero-order valence-electron chi connectivity index (χ0n) is 13.4. The van der Waals surface area contributed by atoms with Gasteiger partial charge >= 0.3 is 0 Å². The van der Waals surface area contributed by atoms with E-state index in [0.717, 1.165) is 0 Å². The molecule has 0 N–H and O–H groups in total. The smallest absolute Gasteiger partial charge is 0.277 e. The Morgan fingerprint density at radius 2 is 2.22 bits per heavy atom. The monoisotopic (exact) mass is 379 g/mol. The second-order valence-corrected chi connectivity index (χ2v) is 9.72. The minimum Gasteiger partial charge on any atom is -0.415 e. The van der Waals surface area contributed by atoms with Crippen LogP contribution in [0.2, 0.25) is 0 Å². The van der Waals surface area contributed by atoms with Gasteiger partial charge in [0.2, 0.25) is 11.8 Å². The van der Waals surface area contributed by atoms with E-state index in [1.807, 2.05) is 13.2 Å². The van der Waals surface area contributed by atoms with Gasteiger partial charge in [0.25, 0.3) is 5.22 Å². The summed E-state index contributed by atoms with van der Waals surface area (Å²) in [5, 5.41) is 7.81. The predicted octanol–water partition coefficient (Wildman–Crippen LogP) is 1.45. The SMILES string of the molecule is CCN(C(=O)C(C)Sc1nnc(CSC)o1)C1CCS(=O)(=O)C1. The van der Waals surface area contributed by atoms with Gasteiger partial charge in [-0.25, -0.2) is 8.42 Å². The number of thioether (sulfide) groups is 2. The summed E-state index contributed by atoms with van der Waals surface area (Å²) in [6.45, 7) is 4.13. The molecule has 0 aliphatic carbocycles. The third kappa shape index (κ3) is 4.87. The maximum Gasteiger partial charge on any atom is 0.277 e. The van der Waals surface area contributed by atoms with E-state index in [2.05, 4.69) is 10.2 Å². The van der Waals surface area contributed by atoms with Crippen molar-refractivity contribution in [1.29, 1.82) is 0 Å². The molecule has 1 aromatic rings. The average molecular weight is 380 g/mol. The fourth-order valence-electron chi connectivity index (χ4n) is 2.52. The number of rotatable bonds is 7. The van der Waals surface area contributed by atoms with Crippen molar-refractivity contribution in [2.75, 3.05) is 24.3 Å². The Kier molecular flexibility index (Phi) is 6.38. The van der Waals surface area contributed by atoms with Crippen LogP contribution >= 0.6 is 23.5 Å². The van der Waals surface area contributed by atoms with Crippen LogP contribution in [-0.2, 0) is 20.4 Å². The molecule has 2 atom stereocenters. The van der Waals surface area contributed by atoms with E-state index in [1.54, 1.807) is 23.6 Å². The minimum atomic E-state index is -3.02. The lowest BCUT2D eigenvalue weighted by Gasteiger charge is -2.28. The number of carbonyl (C=O) groups is 1. The summed E-state index contributed by atoms with van der Waals surface area (Å²) in [5.41, 5.74) is 0. The average Bonchev–Trinajstić information content (AvgIpc) is 3.06. The highest BCUT2D eigenvalue weighted by Gasteiger charge is 2.35. The molecule has 1 amide bonds. The normalized spacial score (nSPS) is 21.3. The van der Waals surface area contributed by atoms with Crippen molar-refractivity contribution >= 4 is 39.3 Å². The number of nitrogens with zero attached hydrogens (tertiary/aromatic N) is 3. The molecule has 0 spiro atoms. The molecule has 1 fully saturated rings. The number of amides is 1. The van der Waals surface area contributed by atoms with Crippen LogP contribution in [0.1, 0.15) is 26.2 Å². The molecule has 7 nitrogen and oxygen atoms in total. The first-order chi connectivity index (χ1) is 10.9. The molecule has 0 bridgehead atoms. The Hall–Kier alpha value is -0.740. The van der Waals surface area contributed by atoms with Crippen LogP contribution in [0.25, 0.3) is 0 Å². The van der Waals surface area contributed by atoms with Crippen molar-refractivity contribution in [2.24, 2.45) is 0 Å². The maximum absolute atomic E-state index is 12.6. The Bertz CT molecular complexity index is 647. The van der Waals surface area contributed by atoms with Gasteiger partial charge in [0.15, 0.2) is 9.84 Å². The fraction of sp³-hybridized carbons (Fsp3) is 0.769. The number of carbonyl (C=O) groups excluding carboxylic acids is 1. The van der Waals surface area contributed by atoms with Crippen LogP contribution in [0.4, 0.5) is 0 Å². The first-order valence-corrected chi connectivity index (χ1v) is 11.4. The molecule has 2 heterocycles. The van der Waals surface area contributed by atoms with Gasteiger partial charge in [-0.1, -0.05) is 11.8 Å². The Morgan fingerprint density at radius 3 is 2.78 bits per heavy atom. The number of hydrogen-bond donors (Lipinski definition) is 0. The van der Waals surface area contributed by atoms with Gasteiger partial charge in [-0.15, -0.1) is 10.2 Å². The summed E-state index contributed by atoms with van der Waals surface area (Å²) in [6.07, 6.45) is 2.45. The molecule has 10 heteroatoms. The molecule has 2 unspecified atom stereocenters. The van der Waals surface area contributed by atoms with Gasteiger partial charge in [0, 0.05) is 12.6 Å². The molecule has 1 aliphatic heterocycles. The number of hydrogen-bond acceptors (Lipinski definition) is 8. The molecular weight excluding hydrogens is 358 g/mol. The third-order valence-electron chi connectivity index (χ3n) is 3.61. The lowest BCUT2D eigenvalue weighted by molar-refractivity contribution is -0.131. The van der Waals surface area contributed by atoms with Crippen LogP contribution < -0.4 is 0 Å². The first-order valence-electron chi connectivity index (χ1n) is 7.35. The van der Waals surface area contributed by atoms with Gasteiger partial charge in [-0.2, -0.15) is 11.8 Å². The summed E-state index contributed by atoms with van der Waals surface area (Å²) in [4.78, 5) is 14.3. The topological polar surface area (TPSA) is 93.4 Å². The molecule has 0 aromatic carbocycles. The third-order valence-corrected chi connectivity index (χ3v) is 6.82. The van der Waals surface area contributed by atoms with Crippen LogP contribution in [0.15, 0.2) is 9.64 Å². The van der Waals surface area contributed by atoms with Crippen molar-refractivity contribution in [3.63, 3.8) is 0 Å². The lowest BCUT2D eigenvalue weighted by Crippen LogP contribution is -2.44. The summed E-state index contributed by atoms with van der Waals surface area (Å²) < 4.78 is 28.7. The quantitative estimate of drug-likeness (QED) is 0.657.